The number of furan rings is 1. The minimum atomic E-state index is -0.715. The molecule has 0 aliphatic carbocycles. The summed E-state index contributed by atoms with van der Waals surface area (Å²) in [5.74, 6) is -0.519. The molecule has 7 heteroatoms. The van der Waals surface area contributed by atoms with Gasteiger partial charge in [-0.15, -0.1) is 0 Å². The number of esters is 1. The van der Waals surface area contributed by atoms with Gasteiger partial charge in [0.25, 0.3) is 5.91 Å². The number of fused-ring (bicyclic) bond motifs is 1. The van der Waals surface area contributed by atoms with Gasteiger partial charge in [0.15, 0.2) is 0 Å². The number of amides is 2. The summed E-state index contributed by atoms with van der Waals surface area (Å²) in [6.45, 7) is 5.48. The van der Waals surface area contributed by atoms with Crippen LogP contribution in [-0.2, 0) is 14.3 Å². The molecule has 136 valence electrons. The first-order valence-electron chi connectivity index (χ1n) is 8.72. The molecule has 0 saturated carbocycles. The number of carbonyl (C=O) groups excluding carboxylic acids is 3. The van der Waals surface area contributed by atoms with Crippen molar-refractivity contribution in [2.45, 2.75) is 26.7 Å². The SMILES string of the molecule is CCOC(=O)[C@]12CCCN(C(=O)c3ccoc3)C[C@H]1CN(C(C)=O)C2. The number of hydrogen-bond donors (Lipinski definition) is 0. The van der Waals surface area contributed by atoms with Crippen molar-refractivity contribution in [1.29, 1.82) is 0 Å². The van der Waals surface area contributed by atoms with Gasteiger partial charge in [-0.05, 0) is 25.8 Å². The van der Waals surface area contributed by atoms with Crippen LogP contribution in [0.4, 0.5) is 0 Å². The summed E-state index contributed by atoms with van der Waals surface area (Å²) >= 11 is 0. The average molecular weight is 348 g/mol. The second kappa shape index (κ2) is 6.90. The highest BCUT2D eigenvalue weighted by Crippen LogP contribution is 2.44. The van der Waals surface area contributed by atoms with Gasteiger partial charge in [0.1, 0.15) is 6.26 Å². The summed E-state index contributed by atoms with van der Waals surface area (Å²) in [5.41, 5.74) is -0.210. The van der Waals surface area contributed by atoms with Crippen LogP contribution in [0.3, 0.4) is 0 Å². The van der Waals surface area contributed by atoms with Crippen LogP contribution < -0.4 is 0 Å². The summed E-state index contributed by atoms with van der Waals surface area (Å²) < 4.78 is 10.4. The van der Waals surface area contributed by atoms with E-state index in [0.29, 0.717) is 51.2 Å². The van der Waals surface area contributed by atoms with E-state index in [1.54, 1.807) is 22.8 Å². The third-order valence-electron chi connectivity index (χ3n) is 5.37. The fraction of sp³-hybridized carbons (Fsp3) is 0.611. The van der Waals surface area contributed by atoms with Crippen molar-refractivity contribution in [1.82, 2.24) is 9.80 Å². The number of ether oxygens (including phenoxy) is 1. The van der Waals surface area contributed by atoms with E-state index in [1.807, 2.05) is 0 Å². The van der Waals surface area contributed by atoms with E-state index in [2.05, 4.69) is 0 Å². The second-order valence-corrected chi connectivity index (χ2v) is 6.84. The molecule has 1 aromatic heterocycles. The summed E-state index contributed by atoms with van der Waals surface area (Å²) in [6.07, 6.45) is 4.23. The minimum absolute atomic E-state index is 0.0514. The summed E-state index contributed by atoms with van der Waals surface area (Å²) in [7, 11) is 0. The molecule has 0 unspecified atom stereocenters. The van der Waals surface area contributed by atoms with Crippen molar-refractivity contribution < 1.29 is 23.5 Å². The van der Waals surface area contributed by atoms with Crippen molar-refractivity contribution in [3.05, 3.63) is 24.2 Å². The summed E-state index contributed by atoms with van der Waals surface area (Å²) in [4.78, 5) is 40.8. The molecule has 25 heavy (non-hydrogen) atoms. The van der Waals surface area contributed by atoms with Crippen LogP contribution in [0.1, 0.15) is 37.0 Å². The highest BCUT2D eigenvalue weighted by atomic mass is 16.5. The number of carbonyl (C=O) groups is 3. The fourth-order valence-corrected chi connectivity index (χ4v) is 4.03. The monoisotopic (exact) mass is 348 g/mol. The van der Waals surface area contributed by atoms with E-state index < -0.39 is 5.41 Å². The normalized spacial score (nSPS) is 26.1. The van der Waals surface area contributed by atoms with E-state index in [4.69, 9.17) is 9.15 Å². The fourth-order valence-electron chi connectivity index (χ4n) is 4.03. The molecule has 2 atom stereocenters. The van der Waals surface area contributed by atoms with E-state index >= 15 is 0 Å². The van der Waals surface area contributed by atoms with Crippen LogP contribution in [0.5, 0.6) is 0 Å². The Morgan fingerprint density at radius 2 is 2.08 bits per heavy atom. The first-order chi connectivity index (χ1) is 12.0. The van der Waals surface area contributed by atoms with Gasteiger partial charge in [-0.1, -0.05) is 0 Å². The molecule has 2 saturated heterocycles. The Morgan fingerprint density at radius 3 is 2.72 bits per heavy atom. The van der Waals surface area contributed by atoms with Crippen LogP contribution in [0.25, 0.3) is 0 Å². The molecule has 2 aliphatic heterocycles. The Kier molecular flexibility index (Phi) is 4.83. The number of hydrogen-bond acceptors (Lipinski definition) is 5. The van der Waals surface area contributed by atoms with Gasteiger partial charge < -0.3 is 19.0 Å². The molecule has 0 radical (unpaired) electrons. The predicted molar refractivity (Wildman–Crippen MR) is 88.7 cm³/mol. The van der Waals surface area contributed by atoms with Gasteiger partial charge in [-0.25, -0.2) is 0 Å². The Morgan fingerprint density at radius 1 is 1.32 bits per heavy atom. The molecule has 0 spiro atoms. The Labute approximate surface area is 146 Å². The third kappa shape index (κ3) is 3.15. The first kappa shape index (κ1) is 17.5. The lowest BCUT2D eigenvalue weighted by Crippen LogP contribution is -2.43. The van der Waals surface area contributed by atoms with Gasteiger partial charge in [0.2, 0.25) is 5.91 Å². The van der Waals surface area contributed by atoms with Crippen molar-refractivity contribution in [2.24, 2.45) is 11.3 Å². The quantitative estimate of drug-likeness (QED) is 0.774. The van der Waals surface area contributed by atoms with Gasteiger partial charge >= 0.3 is 5.97 Å². The van der Waals surface area contributed by atoms with Crippen LogP contribution in [0.15, 0.2) is 23.0 Å². The summed E-state index contributed by atoms with van der Waals surface area (Å²) in [5, 5.41) is 0. The maximum atomic E-state index is 12.7. The topological polar surface area (TPSA) is 80.1 Å². The highest BCUT2D eigenvalue weighted by Gasteiger charge is 2.55. The first-order valence-corrected chi connectivity index (χ1v) is 8.72. The zero-order chi connectivity index (χ0) is 18.0. The lowest BCUT2D eigenvalue weighted by Gasteiger charge is -2.31. The Balaban J connectivity index is 1.86. The van der Waals surface area contributed by atoms with E-state index in [0.717, 1.165) is 0 Å². The molecule has 2 amide bonds. The molecule has 3 rings (SSSR count). The highest BCUT2D eigenvalue weighted by molar-refractivity contribution is 5.94. The molecule has 2 fully saturated rings. The van der Waals surface area contributed by atoms with Crippen LogP contribution >= 0.6 is 0 Å². The lowest BCUT2D eigenvalue weighted by atomic mass is 9.75. The molecule has 1 aromatic rings. The van der Waals surface area contributed by atoms with Crippen molar-refractivity contribution in [3.8, 4) is 0 Å². The molecule has 2 aliphatic rings. The zero-order valence-corrected chi connectivity index (χ0v) is 14.7. The van der Waals surface area contributed by atoms with Crippen molar-refractivity contribution >= 4 is 17.8 Å². The van der Waals surface area contributed by atoms with Gasteiger partial charge in [0, 0.05) is 39.0 Å². The van der Waals surface area contributed by atoms with Crippen LogP contribution in [-0.4, -0.2) is 60.4 Å². The molecule has 0 N–H and O–H groups in total. The van der Waals surface area contributed by atoms with Crippen molar-refractivity contribution in [2.75, 3.05) is 32.8 Å². The lowest BCUT2D eigenvalue weighted by molar-refractivity contribution is -0.157. The Hall–Kier alpha value is -2.31. The van der Waals surface area contributed by atoms with E-state index in [1.165, 1.54) is 19.5 Å². The van der Waals surface area contributed by atoms with Crippen molar-refractivity contribution in [3.63, 3.8) is 0 Å². The Bertz CT molecular complexity index is 656. The molecular formula is C18H24N2O5. The van der Waals surface area contributed by atoms with Gasteiger partial charge in [0.05, 0.1) is 23.8 Å². The maximum absolute atomic E-state index is 12.7. The van der Waals surface area contributed by atoms with Gasteiger partial charge in [-0.2, -0.15) is 0 Å². The number of nitrogens with zero attached hydrogens (tertiary/aromatic N) is 2. The second-order valence-electron chi connectivity index (χ2n) is 6.84. The zero-order valence-electron chi connectivity index (χ0n) is 14.7. The standard InChI is InChI=1S/C18H24N2O5/c1-3-25-17(23)18-6-4-7-19(16(22)14-5-8-24-11-14)9-15(18)10-20(12-18)13(2)21/h5,8,11,15H,3-4,6-7,9-10,12H2,1-2H3/t15-,18-/m0/s1. The third-order valence-corrected chi connectivity index (χ3v) is 5.37. The van der Waals surface area contributed by atoms with E-state index in [9.17, 15) is 14.4 Å². The molecule has 0 aromatic carbocycles. The van der Waals surface area contributed by atoms with Gasteiger partial charge in [-0.3, -0.25) is 14.4 Å². The number of likely N-dealkylation sites (tertiary alicyclic amines) is 2. The number of rotatable bonds is 3. The molecular weight excluding hydrogens is 324 g/mol. The van der Waals surface area contributed by atoms with Crippen LogP contribution in [0.2, 0.25) is 0 Å². The minimum Gasteiger partial charge on any atom is -0.472 e. The largest absolute Gasteiger partial charge is 0.472 e. The summed E-state index contributed by atoms with van der Waals surface area (Å²) in [6, 6.07) is 1.64. The van der Waals surface area contributed by atoms with E-state index in [-0.39, 0.29) is 23.7 Å². The average Bonchev–Trinajstić information content (AvgIpc) is 3.19. The molecule has 7 nitrogen and oxygen atoms in total. The predicted octanol–water partition coefficient (Wildman–Crippen LogP) is 1.54. The maximum Gasteiger partial charge on any atom is 0.314 e. The molecule has 3 heterocycles. The molecule has 0 bridgehead atoms. The smallest absolute Gasteiger partial charge is 0.314 e. The van der Waals surface area contributed by atoms with Crippen LogP contribution in [0, 0.1) is 11.3 Å².